The molecule has 0 unspecified atom stereocenters. The summed E-state index contributed by atoms with van der Waals surface area (Å²) in [5, 5.41) is 4.73. The Morgan fingerprint density at radius 2 is 1.77 bits per heavy atom. The number of rotatable bonds is 6. The highest BCUT2D eigenvalue weighted by Crippen LogP contribution is 2.36. The summed E-state index contributed by atoms with van der Waals surface area (Å²) in [6.45, 7) is 3.12. The number of ether oxygens (including phenoxy) is 2. The molecule has 0 bridgehead atoms. The van der Waals surface area contributed by atoms with Gasteiger partial charge >= 0.3 is 0 Å². The van der Waals surface area contributed by atoms with Gasteiger partial charge in [-0.05, 0) is 38.1 Å². The Morgan fingerprint density at radius 3 is 2.53 bits per heavy atom. The van der Waals surface area contributed by atoms with Gasteiger partial charge in [-0.2, -0.15) is 0 Å². The molecule has 4 aromatic rings. The number of Topliss-reactive ketones (excluding diaryl/α,β-unsaturated/α-hetero) is 1. The summed E-state index contributed by atoms with van der Waals surface area (Å²) in [6.07, 6.45) is -0.789. The summed E-state index contributed by atoms with van der Waals surface area (Å²) in [6, 6.07) is 18.1. The summed E-state index contributed by atoms with van der Waals surface area (Å²) in [5.74, 6) is 0.552. The molecular weight excluding hydrogens is 382 g/mol. The molecule has 0 aliphatic heterocycles. The Morgan fingerprint density at radius 1 is 0.967 bits per heavy atom. The van der Waals surface area contributed by atoms with E-state index >= 15 is 0 Å². The van der Waals surface area contributed by atoms with Gasteiger partial charge in [0.05, 0.1) is 12.8 Å². The van der Waals surface area contributed by atoms with Crippen LogP contribution in [0.25, 0.3) is 21.9 Å². The van der Waals surface area contributed by atoms with Crippen molar-refractivity contribution in [1.29, 1.82) is 0 Å². The number of amides is 1. The van der Waals surface area contributed by atoms with Crippen LogP contribution in [0.4, 0.5) is 5.69 Å². The fourth-order valence-electron chi connectivity index (χ4n) is 3.30. The quantitative estimate of drug-likeness (QED) is 0.448. The van der Waals surface area contributed by atoms with Crippen molar-refractivity contribution in [1.82, 2.24) is 0 Å². The van der Waals surface area contributed by atoms with Gasteiger partial charge < -0.3 is 19.2 Å². The van der Waals surface area contributed by atoms with Crippen LogP contribution in [0.2, 0.25) is 0 Å². The molecule has 0 aliphatic carbocycles. The zero-order valence-corrected chi connectivity index (χ0v) is 16.9. The lowest BCUT2D eigenvalue weighted by molar-refractivity contribution is -0.122. The number of furan rings is 1. The highest BCUT2D eigenvalue weighted by molar-refractivity contribution is 6.08. The fraction of sp³-hybridized carbons (Fsp3) is 0.167. The Balaban J connectivity index is 1.58. The second-order valence-corrected chi connectivity index (χ2v) is 6.98. The number of hydrogen-bond acceptors (Lipinski definition) is 5. The van der Waals surface area contributed by atoms with E-state index in [9.17, 15) is 9.59 Å². The molecule has 0 aliphatic rings. The van der Waals surface area contributed by atoms with Gasteiger partial charge in [-0.3, -0.25) is 9.59 Å². The normalized spacial score (nSPS) is 12.0. The van der Waals surface area contributed by atoms with E-state index < -0.39 is 6.10 Å². The van der Waals surface area contributed by atoms with Crippen molar-refractivity contribution < 1.29 is 23.5 Å². The van der Waals surface area contributed by atoms with Crippen molar-refractivity contribution in [3.05, 3.63) is 66.2 Å². The average Bonchev–Trinajstić information content (AvgIpc) is 3.10. The van der Waals surface area contributed by atoms with Crippen LogP contribution in [0, 0.1) is 0 Å². The molecule has 0 saturated heterocycles. The number of carbonyl (C=O) groups is 2. The van der Waals surface area contributed by atoms with Crippen LogP contribution in [0.3, 0.4) is 0 Å². The number of anilines is 1. The highest BCUT2D eigenvalue weighted by atomic mass is 16.5. The summed E-state index contributed by atoms with van der Waals surface area (Å²) < 4.78 is 17.1. The van der Waals surface area contributed by atoms with Crippen LogP contribution in [0.5, 0.6) is 11.5 Å². The SMILES string of the molecule is COc1cc2c(cc1NC(=O)[C@H](C)Oc1cccc(C(C)=O)c1)oc1ccccc12. The maximum atomic E-state index is 12.7. The van der Waals surface area contributed by atoms with E-state index in [1.165, 1.54) is 6.92 Å². The molecule has 6 nitrogen and oxygen atoms in total. The molecule has 1 N–H and O–H groups in total. The highest BCUT2D eigenvalue weighted by Gasteiger charge is 2.19. The number of hydrogen-bond donors (Lipinski definition) is 1. The minimum Gasteiger partial charge on any atom is -0.495 e. The van der Waals surface area contributed by atoms with Crippen molar-refractivity contribution in [2.45, 2.75) is 20.0 Å². The largest absolute Gasteiger partial charge is 0.495 e. The van der Waals surface area contributed by atoms with E-state index in [4.69, 9.17) is 13.9 Å². The van der Waals surface area contributed by atoms with Gasteiger partial charge in [0.2, 0.25) is 0 Å². The van der Waals surface area contributed by atoms with Gasteiger partial charge in [0.1, 0.15) is 22.7 Å². The number of ketones is 1. The van der Waals surface area contributed by atoms with Crippen LogP contribution >= 0.6 is 0 Å². The van der Waals surface area contributed by atoms with Crippen LogP contribution in [0.1, 0.15) is 24.2 Å². The van der Waals surface area contributed by atoms with Crippen LogP contribution < -0.4 is 14.8 Å². The molecule has 30 heavy (non-hydrogen) atoms. The number of para-hydroxylation sites is 1. The first kappa shape index (κ1) is 19.5. The van der Waals surface area contributed by atoms with Crippen LogP contribution in [-0.2, 0) is 4.79 Å². The van der Waals surface area contributed by atoms with Gasteiger partial charge in [-0.25, -0.2) is 0 Å². The Labute approximate surface area is 173 Å². The minimum atomic E-state index is -0.789. The molecule has 1 heterocycles. The molecule has 4 rings (SSSR count). The Kier molecular flexibility index (Phi) is 5.14. The topological polar surface area (TPSA) is 77.8 Å². The first-order chi connectivity index (χ1) is 14.5. The standard InChI is InChI=1S/C24H21NO5/c1-14(26)16-7-6-8-17(11-16)29-15(2)24(27)25-20-13-22-19(12-23(20)28-3)18-9-4-5-10-21(18)30-22/h4-13,15H,1-3H3,(H,25,27)/t15-/m0/s1. The minimum absolute atomic E-state index is 0.0681. The predicted octanol–water partition coefficient (Wildman–Crippen LogP) is 5.20. The van der Waals surface area contributed by atoms with E-state index in [0.29, 0.717) is 28.3 Å². The number of fused-ring (bicyclic) bond motifs is 3. The number of nitrogens with one attached hydrogen (secondary N) is 1. The zero-order valence-electron chi connectivity index (χ0n) is 16.9. The number of benzene rings is 3. The average molecular weight is 403 g/mol. The maximum Gasteiger partial charge on any atom is 0.265 e. The third kappa shape index (κ3) is 3.72. The molecule has 1 atom stereocenters. The van der Waals surface area contributed by atoms with Gasteiger partial charge in [0.25, 0.3) is 5.91 Å². The predicted molar refractivity (Wildman–Crippen MR) is 115 cm³/mol. The molecule has 3 aromatic carbocycles. The van der Waals surface area contributed by atoms with E-state index in [-0.39, 0.29) is 11.7 Å². The van der Waals surface area contributed by atoms with Crippen LogP contribution in [-0.4, -0.2) is 24.9 Å². The summed E-state index contributed by atoms with van der Waals surface area (Å²) in [5.41, 5.74) is 2.43. The summed E-state index contributed by atoms with van der Waals surface area (Å²) >= 11 is 0. The van der Waals surface area contributed by atoms with Crippen molar-refractivity contribution in [2.75, 3.05) is 12.4 Å². The third-order valence-corrected chi connectivity index (χ3v) is 4.88. The molecule has 0 saturated carbocycles. The van der Waals surface area contributed by atoms with Gasteiger partial charge in [-0.15, -0.1) is 0 Å². The van der Waals surface area contributed by atoms with E-state index in [1.54, 1.807) is 44.4 Å². The first-order valence-electron chi connectivity index (χ1n) is 9.54. The van der Waals surface area contributed by atoms with Gasteiger partial charge in [0, 0.05) is 22.4 Å². The Hall–Kier alpha value is -3.80. The van der Waals surface area contributed by atoms with Crippen LogP contribution in [0.15, 0.2) is 65.1 Å². The number of methoxy groups -OCH3 is 1. The lowest BCUT2D eigenvalue weighted by atomic mass is 10.1. The smallest absolute Gasteiger partial charge is 0.265 e. The van der Waals surface area contributed by atoms with E-state index in [2.05, 4.69) is 5.32 Å². The lowest BCUT2D eigenvalue weighted by Crippen LogP contribution is -2.30. The molecule has 152 valence electrons. The third-order valence-electron chi connectivity index (χ3n) is 4.88. The summed E-state index contributed by atoms with van der Waals surface area (Å²) in [4.78, 5) is 24.3. The molecule has 0 fully saturated rings. The lowest BCUT2D eigenvalue weighted by Gasteiger charge is -2.16. The second-order valence-electron chi connectivity index (χ2n) is 6.98. The van der Waals surface area contributed by atoms with Crippen molar-refractivity contribution in [3.63, 3.8) is 0 Å². The molecule has 1 aromatic heterocycles. The maximum absolute atomic E-state index is 12.7. The summed E-state index contributed by atoms with van der Waals surface area (Å²) in [7, 11) is 1.55. The monoisotopic (exact) mass is 403 g/mol. The van der Waals surface area contributed by atoms with E-state index in [0.717, 1.165) is 16.4 Å². The zero-order chi connectivity index (χ0) is 21.3. The van der Waals surface area contributed by atoms with Crippen molar-refractivity contribution in [2.24, 2.45) is 0 Å². The molecule has 1 amide bonds. The molecular formula is C24H21NO5. The van der Waals surface area contributed by atoms with Crippen molar-refractivity contribution in [3.8, 4) is 11.5 Å². The van der Waals surface area contributed by atoms with Crippen molar-refractivity contribution >= 4 is 39.3 Å². The van der Waals surface area contributed by atoms with Gasteiger partial charge in [0.15, 0.2) is 11.9 Å². The van der Waals surface area contributed by atoms with Gasteiger partial charge in [-0.1, -0.05) is 30.3 Å². The first-order valence-corrected chi connectivity index (χ1v) is 9.54. The van der Waals surface area contributed by atoms with E-state index in [1.807, 2.05) is 30.3 Å². The molecule has 0 spiro atoms. The second kappa shape index (κ2) is 7.91. The molecule has 6 heteroatoms. The Bertz CT molecular complexity index is 1260. The molecule has 0 radical (unpaired) electrons. The fourth-order valence-corrected chi connectivity index (χ4v) is 3.30. The number of carbonyl (C=O) groups excluding carboxylic acids is 2.